The fourth-order valence-electron chi connectivity index (χ4n) is 1.88. The Morgan fingerprint density at radius 2 is 1.79 bits per heavy atom. The molecule has 0 unspecified atom stereocenters. The summed E-state index contributed by atoms with van der Waals surface area (Å²) >= 11 is 11.7. The molecule has 5 nitrogen and oxygen atoms in total. The van der Waals surface area contributed by atoms with E-state index in [9.17, 15) is 14.4 Å². The van der Waals surface area contributed by atoms with Gasteiger partial charge in [0.25, 0.3) is 5.91 Å². The first-order chi connectivity index (χ1) is 11.4. The average molecular weight is 366 g/mol. The molecule has 124 valence electrons. The van der Waals surface area contributed by atoms with Gasteiger partial charge in [0, 0.05) is 11.3 Å². The fourth-order valence-corrected chi connectivity index (χ4v) is 2.26. The van der Waals surface area contributed by atoms with Gasteiger partial charge >= 0.3 is 5.97 Å². The zero-order valence-electron chi connectivity index (χ0n) is 12.6. The van der Waals surface area contributed by atoms with Gasteiger partial charge in [-0.1, -0.05) is 41.4 Å². The zero-order chi connectivity index (χ0) is 17.7. The van der Waals surface area contributed by atoms with Crippen molar-refractivity contribution < 1.29 is 19.1 Å². The molecule has 1 N–H and O–H groups in total. The van der Waals surface area contributed by atoms with E-state index in [4.69, 9.17) is 27.9 Å². The summed E-state index contributed by atoms with van der Waals surface area (Å²) in [5.41, 5.74) is 0.982. The van der Waals surface area contributed by atoms with E-state index in [2.05, 4.69) is 5.32 Å². The number of carbonyl (C=O) groups excluding carboxylic acids is 3. The number of ether oxygens (including phenoxy) is 1. The van der Waals surface area contributed by atoms with Crippen LogP contribution in [0.1, 0.15) is 27.6 Å². The minimum atomic E-state index is -0.755. The highest BCUT2D eigenvalue weighted by atomic mass is 35.5. The van der Waals surface area contributed by atoms with Crippen LogP contribution in [0.25, 0.3) is 0 Å². The summed E-state index contributed by atoms with van der Waals surface area (Å²) in [7, 11) is 0. The van der Waals surface area contributed by atoms with E-state index in [0.29, 0.717) is 11.3 Å². The van der Waals surface area contributed by atoms with Crippen molar-refractivity contribution in [3.63, 3.8) is 0 Å². The van der Waals surface area contributed by atoms with Crippen molar-refractivity contribution in [1.29, 1.82) is 0 Å². The number of hydrogen-bond donors (Lipinski definition) is 1. The van der Waals surface area contributed by atoms with E-state index in [1.807, 2.05) is 0 Å². The van der Waals surface area contributed by atoms with Crippen molar-refractivity contribution >= 4 is 46.5 Å². The number of esters is 1. The number of nitrogens with one attached hydrogen (secondary N) is 1. The van der Waals surface area contributed by atoms with Gasteiger partial charge in [-0.05, 0) is 31.2 Å². The molecule has 2 rings (SSSR count). The molecule has 0 atom stereocenters. The number of rotatable bonds is 5. The normalized spacial score (nSPS) is 10.1. The third kappa shape index (κ3) is 4.57. The lowest BCUT2D eigenvalue weighted by atomic mass is 10.1. The molecular weight excluding hydrogens is 353 g/mol. The number of halogens is 2. The highest BCUT2D eigenvalue weighted by Gasteiger charge is 2.15. The van der Waals surface area contributed by atoms with Crippen molar-refractivity contribution in [3.05, 3.63) is 63.6 Å². The Kier molecular flexibility index (Phi) is 5.95. The van der Waals surface area contributed by atoms with Gasteiger partial charge in [0.1, 0.15) is 0 Å². The summed E-state index contributed by atoms with van der Waals surface area (Å²) in [6.07, 6.45) is 0. The van der Waals surface area contributed by atoms with Gasteiger partial charge in [-0.25, -0.2) is 4.79 Å². The predicted octanol–water partition coefficient (Wildman–Crippen LogP) is 3.99. The van der Waals surface area contributed by atoms with Crippen LogP contribution in [0.4, 0.5) is 5.69 Å². The molecule has 0 saturated carbocycles. The van der Waals surface area contributed by atoms with Crippen LogP contribution in [-0.2, 0) is 9.53 Å². The smallest absolute Gasteiger partial charge is 0.340 e. The Hall–Kier alpha value is -2.37. The number of amides is 1. The van der Waals surface area contributed by atoms with E-state index >= 15 is 0 Å². The second-order valence-corrected chi connectivity index (χ2v) is 5.65. The monoisotopic (exact) mass is 365 g/mol. The van der Waals surface area contributed by atoms with Gasteiger partial charge in [-0.2, -0.15) is 0 Å². The van der Waals surface area contributed by atoms with E-state index < -0.39 is 18.5 Å². The molecule has 0 heterocycles. The second-order valence-electron chi connectivity index (χ2n) is 4.86. The van der Waals surface area contributed by atoms with Crippen LogP contribution >= 0.6 is 23.2 Å². The number of carbonyl (C=O) groups is 3. The molecule has 1 amide bonds. The molecule has 0 saturated heterocycles. The Labute approximate surface area is 148 Å². The van der Waals surface area contributed by atoms with Gasteiger partial charge in [0.2, 0.25) is 0 Å². The maximum absolute atomic E-state index is 11.9. The van der Waals surface area contributed by atoms with Gasteiger partial charge in [0.15, 0.2) is 12.4 Å². The molecule has 0 spiro atoms. The first kappa shape index (κ1) is 18.0. The summed E-state index contributed by atoms with van der Waals surface area (Å²) in [5.74, 6) is -1.41. The van der Waals surface area contributed by atoms with Crippen LogP contribution < -0.4 is 5.32 Å². The van der Waals surface area contributed by atoms with Gasteiger partial charge in [-0.3, -0.25) is 9.59 Å². The summed E-state index contributed by atoms with van der Waals surface area (Å²) < 4.78 is 4.91. The number of ketones is 1. The van der Waals surface area contributed by atoms with Gasteiger partial charge in [-0.15, -0.1) is 0 Å². The van der Waals surface area contributed by atoms with E-state index in [1.165, 1.54) is 25.1 Å². The number of benzene rings is 2. The molecule has 0 fully saturated rings. The average Bonchev–Trinajstić information content (AvgIpc) is 2.55. The van der Waals surface area contributed by atoms with Crippen LogP contribution in [0.3, 0.4) is 0 Å². The number of Topliss-reactive ketones (excluding diaryl/α,β-unsaturated/α-hetero) is 1. The van der Waals surface area contributed by atoms with Crippen molar-refractivity contribution in [1.82, 2.24) is 0 Å². The Morgan fingerprint density at radius 1 is 1.08 bits per heavy atom. The first-order valence-corrected chi connectivity index (χ1v) is 7.66. The van der Waals surface area contributed by atoms with Crippen molar-refractivity contribution in [2.24, 2.45) is 0 Å². The fraction of sp³-hybridized carbons (Fsp3) is 0.118. The second kappa shape index (κ2) is 7.95. The van der Waals surface area contributed by atoms with Crippen LogP contribution in [0.15, 0.2) is 42.5 Å². The van der Waals surface area contributed by atoms with Crippen LogP contribution in [0, 0.1) is 0 Å². The molecule has 2 aromatic carbocycles. The molecule has 0 aliphatic carbocycles. The molecule has 0 aliphatic rings. The lowest BCUT2D eigenvalue weighted by molar-refractivity contribution is -0.119. The van der Waals surface area contributed by atoms with Crippen LogP contribution in [-0.4, -0.2) is 24.3 Å². The third-order valence-corrected chi connectivity index (χ3v) is 3.88. The zero-order valence-corrected chi connectivity index (χ0v) is 14.1. The molecule has 0 radical (unpaired) electrons. The SMILES string of the molecule is CC(=O)c1cccc(NC(=O)COC(=O)c2cccc(Cl)c2Cl)c1. The Bertz CT molecular complexity index is 805. The minimum Gasteiger partial charge on any atom is -0.452 e. The quantitative estimate of drug-likeness (QED) is 0.642. The largest absolute Gasteiger partial charge is 0.452 e. The van der Waals surface area contributed by atoms with E-state index in [1.54, 1.807) is 24.3 Å². The Morgan fingerprint density at radius 3 is 2.50 bits per heavy atom. The first-order valence-electron chi connectivity index (χ1n) is 6.90. The lowest BCUT2D eigenvalue weighted by Crippen LogP contribution is -2.21. The molecular formula is C17H13Cl2NO4. The maximum Gasteiger partial charge on any atom is 0.340 e. The third-order valence-electron chi connectivity index (χ3n) is 3.06. The molecule has 0 aromatic heterocycles. The topological polar surface area (TPSA) is 72.5 Å². The van der Waals surface area contributed by atoms with Gasteiger partial charge < -0.3 is 10.1 Å². The van der Waals surface area contributed by atoms with E-state index in [-0.39, 0.29) is 21.4 Å². The number of hydrogen-bond acceptors (Lipinski definition) is 4. The van der Waals surface area contributed by atoms with Crippen LogP contribution in [0.5, 0.6) is 0 Å². The summed E-state index contributed by atoms with van der Waals surface area (Å²) in [4.78, 5) is 35.1. The molecule has 7 heteroatoms. The van der Waals surface area contributed by atoms with Gasteiger partial charge in [0.05, 0.1) is 15.6 Å². The minimum absolute atomic E-state index is 0.0683. The van der Waals surface area contributed by atoms with Crippen molar-refractivity contribution in [2.75, 3.05) is 11.9 Å². The van der Waals surface area contributed by atoms with Crippen molar-refractivity contribution in [3.8, 4) is 0 Å². The molecule has 2 aromatic rings. The van der Waals surface area contributed by atoms with Crippen LogP contribution in [0.2, 0.25) is 10.0 Å². The highest BCUT2D eigenvalue weighted by Crippen LogP contribution is 2.26. The summed E-state index contributed by atoms with van der Waals surface area (Å²) in [5, 5.41) is 2.83. The van der Waals surface area contributed by atoms with E-state index in [0.717, 1.165) is 0 Å². The molecule has 0 bridgehead atoms. The highest BCUT2D eigenvalue weighted by molar-refractivity contribution is 6.43. The Balaban J connectivity index is 1.96. The predicted molar refractivity (Wildman–Crippen MR) is 91.8 cm³/mol. The lowest BCUT2D eigenvalue weighted by Gasteiger charge is -2.08. The number of anilines is 1. The standard InChI is InChI=1S/C17H13Cl2NO4/c1-10(21)11-4-2-5-12(8-11)20-15(22)9-24-17(23)13-6-3-7-14(18)16(13)19/h2-8H,9H2,1H3,(H,20,22). The summed E-state index contributed by atoms with van der Waals surface area (Å²) in [6.45, 7) is 0.934. The summed E-state index contributed by atoms with van der Waals surface area (Å²) in [6, 6.07) is 11.0. The van der Waals surface area contributed by atoms with Crippen molar-refractivity contribution in [2.45, 2.75) is 6.92 Å². The maximum atomic E-state index is 11.9. The molecule has 24 heavy (non-hydrogen) atoms. The molecule has 0 aliphatic heterocycles.